The molecule has 1 heterocycles. The van der Waals surface area contributed by atoms with Gasteiger partial charge in [0.05, 0.1) is 25.3 Å². The molecule has 1 aliphatic rings. The van der Waals surface area contributed by atoms with Crippen LogP contribution >= 0.6 is 0 Å². The average molecular weight is 427 g/mol. The molecule has 0 aromatic heterocycles. The number of amides is 1. The Bertz CT molecular complexity index is 848. The normalized spacial score (nSPS) is 19.3. The fraction of sp³-hybridized carbons (Fsp3) is 0.417. The topological polar surface area (TPSA) is 85.9 Å². The van der Waals surface area contributed by atoms with Gasteiger partial charge in [0.1, 0.15) is 17.9 Å². The van der Waals surface area contributed by atoms with Gasteiger partial charge in [-0.2, -0.15) is 0 Å². The Morgan fingerprint density at radius 3 is 2.52 bits per heavy atom. The van der Waals surface area contributed by atoms with Gasteiger partial charge in [-0.3, -0.25) is 10.1 Å². The van der Waals surface area contributed by atoms with Crippen molar-refractivity contribution in [2.24, 2.45) is 0 Å². The summed E-state index contributed by atoms with van der Waals surface area (Å²) in [5.74, 6) is 0.312. The second-order valence-electron chi connectivity index (χ2n) is 7.64. The van der Waals surface area contributed by atoms with Crippen molar-refractivity contribution in [1.29, 1.82) is 0 Å². The van der Waals surface area contributed by atoms with Gasteiger partial charge in [0.15, 0.2) is 0 Å². The maximum atomic E-state index is 13.2. The van der Waals surface area contributed by atoms with Crippen LogP contribution in [0.1, 0.15) is 41.7 Å². The zero-order valence-corrected chi connectivity index (χ0v) is 18.1. The van der Waals surface area contributed by atoms with Crippen molar-refractivity contribution >= 4 is 11.9 Å². The van der Waals surface area contributed by atoms with Crippen molar-refractivity contribution in [3.05, 3.63) is 65.7 Å². The lowest BCUT2D eigenvalue weighted by Crippen LogP contribution is -2.62. The predicted octanol–water partition coefficient (Wildman–Crippen LogP) is 2.87. The lowest BCUT2D eigenvalue weighted by Gasteiger charge is -2.37. The Balaban J connectivity index is 1.58. The first-order chi connectivity index (χ1) is 15.0. The van der Waals surface area contributed by atoms with Gasteiger partial charge in [0.2, 0.25) is 5.91 Å². The van der Waals surface area contributed by atoms with Crippen molar-refractivity contribution in [3.8, 4) is 5.75 Å². The van der Waals surface area contributed by atoms with Gasteiger partial charge in [0, 0.05) is 13.2 Å². The maximum Gasteiger partial charge on any atom is 0.337 e. The molecular weight excluding hydrogens is 396 g/mol. The van der Waals surface area contributed by atoms with Crippen LogP contribution in [0.5, 0.6) is 5.75 Å². The molecule has 0 radical (unpaired) electrons. The number of carbonyl (C=O) groups excluding carboxylic acids is 2. The third-order valence-electron chi connectivity index (χ3n) is 5.43. The Labute approximate surface area is 183 Å². The molecule has 1 fully saturated rings. The van der Waals surface area contributed by atoms with Gasteiger partial charge < -0.3 is 19.5 Å². The number of nitrogens with one attached hydrogen (secondary N) is 2. The molecule has 3 rings (SSSR count). The molecular formula is C24H30N2O5. The maximum absolute atomic E-state index is 13.2. The zero-order chi connectivity index (χ0) is 22.1. The number of benzene rings is 2. The highest BCUT2D eigenvalue weighted by Gasteiger charge is 2.40. The molecule has 0 bridgehead atoms. The summed E-state index contributed by atoms with van der Waals surface area (Å²) in [5, 5.41) is 6.46. The van der Waals surface area contributed by atoms with E-state index in [2.05, 4.69) is 10.6 Å². The molecule has 2 aromatic rings. The molecule has 2 N–H and O–H groups in total. The summed E-state index contributed by atoms with van der Waals surface area (Å²) in [4.78, 5) is 24.8. The largest absolute Gasteiger partial charge is 0.492 e. The lowest BCUT2D eigenvalue weighted by molar-refractivity contribution is -0.134. The van der Waals surface area contributed by atoms with Crippen LogP contribution in [0.4, 0.5) is 0 Å². The second-order valence-corrected chi connectivity index (χ2v) is 7.64. The van der Waals surface area contributed by atoms with E-state index in [1.807, 2.05) is 49.4 Å². The standard InChI is InChI=1S/C24H30N2O5/c1-18(19-9-11-20(12-10-19)22(27)29-2)26-23(28)24(13-6-15-30-17-24)25-14-16-31-21-7-4-3-5-8-21/h3-5,7-12,18,25H,6,13-17H2,1-2H3,(H,26,28)/t18-,24?/m0/s1. The first kappa shape index (κ1) is 22.8. The molecule has 0 aliphatic carbocycles. The minimum atomic E-state index is -0.793. The van der Waals surface area contributed by atoms with Crippen molar-refractivity contribution in [2.45, 2.75) is 31.3 Å². The number of methoxy groups -OCH3 is 1. The molecule has 2 aromatic carbocycles. The Kier molecular flexibility index (Phi) is 8.03. The van der Waals surface area contributed by atoms with E-state index in [4.69, 9.17) is 14.2 Å². The molecule has 1 saturated heterocycles. The minimum absolute atomic E-state index is 0.101. The van der Waals surface area contributed by atoms with Gasteiger partial charge in [-0.05, 0) is 49.6 Å². The Morgan fingerprint density at radius 1 is 1.13 bits per heavy atom. The molecule has 31 heavy (non-hydrogen) atoms. The molecule has 166 valence electrons. The van der Waals surface area contributed by atoms with Crippen LogP contribution in [-0.4, -0.2) is 50.9 Å². The summed E-state index contributed by atoms with van der Waals surface area (Å²) < 4.78 is 16.1. The van der Waals surface area contributed by atoms with E-state index in [1.54, 1.807) is 12.1 Å². The van der Waals surface area contributed by atoms with E-state index >= 15 is 0 Å². The highest BCUT2D eigenvalue weighted by molar-refractivity contribution is 5.89. The van der Waals surface area contributed by atoms with Crippen LogP contribution in [0.2, 0.25) is 0 Å². The smallest absolute Gasteiger partial charge is 0.337 e. The average Bonchev–Trinajstić information content (AvgIpc) is 2.82. The van der Waals surface area contributed by atoms with E-state index < -0.39 is 5.54 Å². The fourth-order valence-corrected chi connectivity index (χ4v) is 3.61. The van der Waals surface area contributed by atoms with Crippen molar-refractivity contribution in [3.63, 3.8) is 0 Å². The van der Waals surface area contributed by atoms with Gasteiger partial charge in [-0.15, -0.1) is 0 Å². The number of hydrogen-bond acceptors (Lipinski definition) is 6. The SMILES string of the molecule is COC(=O)c1ccc([C@H](C)NC(=O)C2(NCCOc3ccccc3)CCCOC2)cc1. The van der Waals surface area contributed by atoms with Crippen LogP contribution in [0.3, 0.4) is 0 Å². The van der Waals surface area contributed by atoms with Gasteiger partial charge in [0.25, 0.3) is 0 Å². The number of esters is 1. The van der Waals surface area contributed by atoms with Crippen LogP contribution in [0.25, 0.3) is 0 Å². The quantitative estimate of drug-likeness (QED) is 0.474. The van der Waals surface area contributed by atoms with E-state index in [-0.39, 0.29) is 17.9 Å². The number of ether oxygens (including phenoxy) is 3. The number of para-hydroxylation sites is 1. The van der Waals surface area contributed by atoms with Crippen LogP contribution in [-0.2, 0) is 14.3 Å². The molecule has 7 heteroatoms. The van der Waals surface area contributed by atoms with Crippen LogP contribution < -0.4 is 15.4 Å². The molecule has 2 atom stereocenters. The fourth-order valence-electron chi connectivity index (χ4n) is 3.61. The van der Waals surface area contributed by atoms with E-state index in [0.29, 0.717) is 38.3 Å². The van der Waals surface area contributed by atoms with Crippen LogP contribution in [0.15, 0.2) is 54.6 Å². The highest BCUT2D eigenvalue weighted by Crippen LogP contribution is 2.22. The first-order valence-electron chi connectivity index (χ1n) is 10.5. The first-order valence-corrected chi connectivity index (χ1v) is 10.5. The van der Waals surface area contributed by atoms with Gasteiger partial charge in [-0.25, -0.2) is 4.79 Å². The number of hydrogen-bond donors (Lipinski definition) is 2. The van der Waals surface area contributed by atoms with Crippen molar-refractivity contribution in [2.75, 3.05) is 33.5 Å². The molecule has 1 unspecified atom stereocenters. The van der Waals surface area contributed by atoms with Crippen molar-refractivity contribution in [1.82, 2.24) is 10.6 Å². The van der Waals surface area contributed by atoms with E-state index in [9.17, 15) is 9.59 Å². The minimum Gasteiger partial charge on any atom is -0.492 e. The second kappa shape index (κ2) is 10.9. The summed E-state index contributed by atoms with van der Waals surface area (Å²) in [5.41, 5.74) is 0.584. The van der Waals surface area contributed by atoms with E-state index in [0.717, 1.165) is 17.7 Å². The zero-order valence-electron chi connectivity index (χ0n) is 18.1. The lowest BCUT2D eigenvalue weighted by atomic mass is 9.90. The molecule has 1 amide bonds. The molecule has 7 nitrogen and oxygen atoms in total. The summed E-state index contributed by atoms with van der Waals surface area (Å²) >= 11 is 0. The van der Waals surface area contributed by atoms with E-state index in [1.165, 1.54) is 7.11 Å². The Morgan fingerprint density at radius 2 is 1.87 bits per heavy atom. The number of rotatable bonds is 9. The Hall–Kier alpha value is -2.90. The van der Waals surface area contributed by atoms with Crippen LogP contribution in [0, 0.1) is 0 Å². The predicted molar refractivity (Wildman–Crippen MR) is 117 cm³/mol. The van der Waals surface area contributed by atoms with Gasteiger partial charge in [-0.1, -0.05) is 30.3 Å². The van der Waals surface area contributed by atoms with Gasteiger partial charge >= 0.3 is 5.97 Å². The summed E-state index contributed by atoms with van der Waals surface area (Å²) in [6.07, 6.45) is 1.50. The summed E-state index contributed by atoms with van der Waals surface area (Å²) in [6, 6.07) is 16.4. The highest BCUT2D eigenvalue weighted by atomic mass is 16.5. The number of carbonyl (C=O) groups is 2. The van der Waals surface area contributed by atoms with Crippen molar-refractivity contribution < 1.29 is 23.8 Å². The third kappa shape index (κ3) is 6.06. The summed E-state index contributed by atoms with van der Waals surface area (Å²) in [6.45, 7) is 3.86. The monoisotopic (exact) mass is 426 g/mol. The summed E-state index contributed by atoms with van der Waals surface area (Å²) in [7, 11) is 1.35. The molecule has 0 spiro atoms. The molecule has 0 saturated carbocycles. The molecule has 1 aliphatic heterocycles. The third-order valence-corrected chi connectivity index (χ3v) is 5.43.